The van der Waals surface area contributed by atoms with Crippen molar-refractivity contribution in [1.82, 2.24) is 0 Å². The summed E-state index contributed by atoms with van der Waals surface area (Å²) in [5, 5.41) is 3.19. The van der Waals surface area contributed by atoms with Crippen LogP contribution in [-0.4, -0.2) is 8.07 Å². The molecule has 5 rings (SSSR count). The van der Waals surface area contributed by atoms with Crippen LogP contribution in [0.1, 0.15) is 58.4 Å². The summed E-state index contributed by atoms with van der Waals surface area (Å²) in [6, 6.07) is 26.0. The molecule has 0 atom stereocenters. The molecule has 0 amide bonds. The first-order valence-electron chi connectivity index (χ1n) is 13.8. The molecular formula is C36H40Si. The first kappa shape index (κ1) is 25.5. The van der Waals surface area contributed by atoms with E-state index in [9.17, 15) is 0 Å². The zero-order valence-electron chi connectivity index (χ0n) is 23.8. The molecular weight excluding hydrogens is 460 g/mol. The van der Waals surface area contributed by atoms with Crippen molar-refractivity contribution >= 4 is 30.6 Å². The smallest absolute Gasteiger partial charge is 0.0672 e. The van der Waals surface area contributed by atoms with E-state index in [0.717, 1.165) is 0 Å². The Kier molecular flexibility index (Phi) is 6.62. The average Bonchev–Trinajstić information content (AvgIpc) is 2.98. The summed E-state index contributed by atoms with van der Waals surface area (Å²) in [5.41, 5.74) is 16.6. The third-order valence-corrected chi connectivity index (χ3v) is 14.1. The molecule has 37 heavy (non-hydrogen) atoms. The molecule has 4 aromatic rings. The molecule has 1 heterocycles. The van der Waals surface area contributed by atoms with Gasteiger partial charge in [0.1, 0.15) is 8.07 Å². The topological polar surface area (TPSA) is 0 Å². The number of rotatable bonds is 4. The van der Waals surface area contributed by atoms with E-state index in [1.807, 2.05) is 0 Å². The summed E-state index contributed by atoms with van der Waals surface area (Å²) in [4.78, 5) is 0. The molecule has 0 saturated heterocycles. The Morgan fingerprint density at radius 3 is 1.19 bits per heavy atom. The van der Waals surface area contributed by atoms with Crippen LogP contribution in [0.4, 0.5) is 0 Å². The van der Waals surface area contributed by atoms with E-state index in [1.54, 1.807) is 10.4 Å². The molecule has 0 fully saturated rings. The number of benzene rings is 4. The predicted octanol–water partition coefficient (Wildman–Crippen LogP) is 8.96. The van der Waals surface area contributed by atoms with Crippen molar-refractivity contribution < 1.29 is 0 Å². The van der Waals surface area contributed by atoms with E-state index in [0.29, 0.717) is 0 Å². The SMILES string of the molecule is CC[Si]1(CC)c2cccc(-c3c(C)cc(C)cc3C)c2C=Cc2c(-c3c(C)cc(C)cc3C)cccc21. The van der Waals surface area contributed by atoms with Crippen molar-refractivity contribution in [2.45, 2.75) is 67.5 Å². The number of aryl methyl sites for hydroxylation is 6. The Morgan fingerprint density at radius 1 is 0.514 bits per heavy atom. The van der Waals surface area contributed by atoms with Gasteiger partial charge in [-0.05, 0) is 108 Å². The van der Waals surface area contributed by atoms with Gasteiger partial charge in [0, 0.05) is 0 Å². The molecule has 0 aromatic heterocycles. The quantitative estimate of drug-likeness (QED) is 0.245. The summed E-state index contributed by atoms with van der Waals surface area (Å²) < 4.78 is 0. The minimum atomic E-state index is -2.00. The van der Waals surface area contributed by atoms with Crippen molar-refractivity contribution in [3.63, 3.8) is 0 Å². The highest BCUT2D eigenvalue weighted by atomic mass is 28.3. The standard InChI is InChI=1S/C36H40Si/c1-9-37(10-2)33-15-11-13-31(35-25(5)19-23(3)20-26(35)6)29(33)17-18-30-32(14-12-16-34(30)37)36-27(7)21-24(4)22-28(36)8/h11-22H,9-10H2,1-8H3. The molecule has 1 aliphatic rings. The molecule has 0 radical (unpaired) electrons. The van der Waals surface area contributed by atoms with Gasteiger partial charge in [-0.3, -0.25) is 0 Å². The third kappa shape index (κ3) is 4.05. The maximum absolute atomic E-state index is 2.45. The molecule has 0 aliphatic carbocycles. The molecule has 1 heteroatoms. The monoisotopic (exact) mass is 500 g/mol. The second kappa shape index (κ2) is 9.61. The van der Waals surface area contributed by atoms with Gasteiger partial charge in [-0.1, -0.05) is 110 Å². The molecule has 0 N–H and O–H groups in total. The van der Waals surface area contributed by atoms with Crippen LogP contribution < -0.4 is 10.4 Å². The second-order valence-electron chi connectivity index (χ2n) is 11.2. The number of hydrogen-bond acceptors (Lipinski definition) is 0. The van der Waals surface area contributed by atoms with Crippen molar-refractivity contribution in [3.05, 3.63) is 105 Å². The lowest BCUT2D eigenvalue weighted by molar-refractivity contribution is 1.28. The average molecular weight is 501 g/mol. The molecule has 188 valence electrons. The molecule has 0 saturated carbocycles. The first-order chi connectivity index (χ1) is 17.7. The number of fused-ring (bicyclic) bond motifs is 2. The van der Waals surface area contributed by atoms with Crippen molar-refractivity contribution in [2.24, 2.45) is 0 Å². The van der Waals surface area contributed by atoms with Crippen LogP contribution in [0, 0.1) is 41.5 Å². The fourth-order valence-electron chi connectivity index (χ4n) is 7.29. The lowest BCUT2D eigenvalue weighted by Crippen LogP contribution is -2.58. The van der Waals surface area contributed by atoms with Gasteiger partial charge in [0.15, 0.2) is 0 Å². The zero-order chi connectivity index (χ0) is 26.5. The predicted molar refractivity (Wildman–Crippen MR) is 167 cm³/mol. The first-order valence-corrected chi connectivity index (χ1v) is 16.2. The van der Waals surface area contributed by atoms with Crippen LogP contribution in [0.3, 0.4) is 0 Å². The van der Waals surface area contributed by atoms with Crippen LogP contribution in [0.25, 0.3) is 34.4 Å². The van der Waals surface area contributed by atoms with Crippen LogP contribution >= 0.6 is 0 Å². The van der Waals surface area contributed by atoms with Gasteiger partial charge in [-0.2, -0.15) is 0 Å². The van der Waals surface area contributed by atoms with Crippen molar-refractivity contribution in [3.8, 4) is 22.3 Å². The summed E-state index contributed by atoms with van der Waals surface area (Å²) in [7, 11) is -2.00. The normalized spacial score (nSPS) is 13.7. The van der Waals surface area contributed by atoms with Crippen LogP contribution in [0.5, 0.6) is 0 Å². The van der Waals surface area contributed by atoms with Crippen molar-refractivity contribution in [2.75, 3.05) is 0 Å². The highest BCUT2D eigenvalue weighted by molar-refractivity contribution is 7.03. The fraction of sp³-hybridized carbons (Fsp3) is 0.278. The summed E-state index contributed by atoms with van der Waals surface area (Å²) >= 11 is 0. The van der Waals surface area contributed by atoms with Crippen LogP contribution in [-0.2, 0) is 0 Å². The van der Waals surface area contributed by atoms with E-state index in [4.69, 9.17) is 0 Å². The summed E-state index contributed by atoms with van der Waals surface area (Å²) in [5.74, 6) is 0. The molecule has 1 aliphatic heterocycles. The Labute approximate surface area is 225 Å². The van der Waals surface area contributed by atoms with E-state index >= 15 is 0 Å². The van der Waals surface area contributed by atoms with Gasteiger partial charge >= 0.3 is 0 Å². The Balaban J connectivity index is 1.85. The lowest BCUT2D eigenvalue weighted by atomic mass is 9.89. The molecule has 0 nitrogen and oxygen atoms in total. The van der Waals surface area contributed by atoms with Gasteiger partial charge < -0.3 is 0 Å². The lowest BCUT2D eigenvalue weighted by Gasteiger charge is -2.34. The maximum Gasteiger partial charge on any atom is 0.119 e. The van der Waals surface area contributed by atoms with E-state index in [2.05, 4.69) is 128 Å². The minimum Gasteiger partial charge on any atom is -0.0672 e. The van der Waals surface area contributed by atoms with E-state index < -0.39 is 8.07 Å². The van der Waals surface area contributed by atoms with Crippen LogP contribution in [0.15, 0.2) is 60.7 Å². The maximum atomic E-state index is 2.45. The van der Waals surface area contributed by atoms with Gasteiger partial charge in [0.25, 0.3) is 0 Å². The minimum absolute atomic E-state index is 1.20. The Bertz CT molecular complexity index is 1390. The van der Waals surface area contributed by atoms with E-state index in [-0.39, 0.29) is 0 Å². The molecule has 4 aromatic carbocycles. The van der Waals surface area contributed by atoms with Gasteiger partial charge in [0.05, 0.1) is 0 Å². The highest BCUT2D eigenvalue weighted by Gasteiger charge is 2.39. The number of hydrogen-bond donors (Lipinski definition) is 0. The van der Waals surface area contributed by atoms with Gasteiger partial charge in [-0.25, -0.2) is 0 Å². The highest BCUT2D eigenvalue weighted by Crippen LogP contribution is 2.38. The van der Waals surface area contributed by atoms with E-state index in [1.165, 1.54) is 78.8 Å². The van der Waals surface area contributed by atoms with Crippen LogP contribution in [0.2, 0.25) is 12.1 Å². The Hall–Kier alpha value is -3.16. The Morgan fingerprint density at radius 2 is 0.865 bits per heavy atom. The second-order valence-corrected chi connectivity index (χ2v) is 15.9. The zero-order valence-corrected chi connectivity index (χ0v) is 24.8. The van der Waals surface area contributed by atoms with Gasteiger partial charge in [-0.15, -0.1) is 0 Å². The molecule has 0 bridgehead atoms. The fourth-order valence-corrected chi connectivity index (χ4v) is 11.9. The molecule has 0 unspecified atom stereocenters. The molecule has 0 spiro atoms. The largest absolute Gasteiger partial charge is 0.119 e. The third-order valence-electron chi connectivity index (χ3n) is 8.76. The summed E-state index contributed by atoms with van der Waals surface area (Å²) in [6.45, 7) is 18.4. The van der Waals surface area contributed by atoms with Gasteiger partial charge in [0.2, 0.25) is 0 Å². The van der Waals surface area contributed by atoms with Crippen molar-refractivity contribution in [1.29, 1.82) is 0 Å². The summed E-state index contributed by atoms with van der Waals surface area (Å²) in [6.07, 6.45) is 4.90.